The molecule has 7 nitrogen and oxygen atoms in total. The molecule has 1 amide bonds. The molecule has 0 aliphatic heterocycles. The quantitative estimate of drug-likeness (QED) is 0.846. The SMILES string of the molecule is COC(=O)c1c(NC(=O)COc2ccc(Cl)cc2)c(C)nn1C. The molecular formula is C15H16ClN3O4. The van der Waals surface area contributed by atoms with Gasteiger partial charge < -0.3 is 14.8 Å². The highest BCUT2D eigenvalue weighted by Gasteiger charge is 2.22. The molecule has 0 aliphatic carbocycles. The third-order valence-electron chi connectivity index (χ3n) is 3.05. The van der Waals surface area contributed by atoms with E-state index in [1.807, 2.05) is 0 Å². The second-order valence-electron chi connectivity index (χ2n) is 4.71. The molecule has 23 heavy (non-hydrogen) atoms. The summed E-state index contributed by atoms with van der Waals surface area (Å²) in [6.07, 6.45) is 0. The van der Waals surface area contributed by atoms with Gasteiger partial charge in [-0.25, -0.2) is 4.79 Å². The van der Waals surface area contributed by atoms with Gasteiger partial charge in [-0.2, -0.15) is 5.10 Å². The van der Waals surface area contributed by atoms with Crippen molar-refractivity contribution in [1.29, 1.82) is 0 Å². The number of ether oxygens (including phenoxy) is 2. The van der Waals surface area contributed by atoms with Crippen LogP contribution in [0.3, 0.4) is 0 Å². The number of anilines is 1. The van der Waals surface area contributed by atoms with Crippen LogP contribution in [-0.4, -0.2) is 35.4 Å². The predicted octanol–water partition coefficient (Wildman–Crippen LogP) is 2.19. The lowest BCUT2D eigenvalue weighted by molar-refractivity contribution is -0.118. The summed E-state index contributed by atoms with van der Waals surface area (Å²) >= 11 is 5.77. The zero-order chi connectivity index (χ0) is 17.0. The van der Waals surface area contributed by atoms with E-state index in [9.17, 15) is 9.59 Å². The number of nitrogens with one attached hydrogen (secondary N) is 1. The van der Waals surface area contributed by atoms with E-state index in [2.05, 4.69) is 10.4 Å². The van der Waals surface area contributed by atoms with Crippen LogP contribution in [0.25, 0.3) is 0 Å². The summed E-state index contributed by atoms with van der Waals surface area (Å²) < 4.78 is 11.4. The highest BCUT2D eigenvalue weighted by atomic mass is 35.5. The molecule has 0 bridgehead atoms. The monoisotopic (exact) mass is 337 g/mol. The summed E-state index contributed by atoms with van der Waals surface area (Å²) in [6.45, 7) is 1.47. The maximum atomic E-state index is 12.0. The number of rotatable bonds is 5. The van der Waals surface area contributed by atoms with Crippen LogP contribution in [0.2, 0.25) is 5.02 Å². The first kappa shape index (κ1) is 16.8. The molecule has 1 heterocycles. The Hall–Kier alpha value is -2.54. The molecule has 122 valence electrons. The number of carbonyl (C=O) groups is 2. The van der Waals surface area contributed by atoms with Crippen molar-refractivity contribution in [3.8, 4) is 5.75 Å². The maximum absolute atomic E-state index is 12.0. The molecule has 0 atom stereocenters. The number of methoxy groups -OCH3 is 1. The van der Waals surface area contributed by atoms with Crippen molar-refractivity contribution in [1.82, 2.24) is 9.78 Å². The smallest absolute Gasteiger partial charge is 0.358 e. The van der Waals surface area contributed by atoms with Gasteiger partial charge in [0.25, 0.3) is 5.91 Å². The van der Waals surface area contributed by atoms with Gasteiger partial charge in [-0.05, 0) is 31.2 Å². The van der Waals surface area contributed by atoms with E-state index in [4.69, 9.17) is 21.1 Å². The number of halogens is 1. The second kappa shape index (κ2) is 7.15. The minimum Gasteiger partial charge on any atom is -0.484 e. The average Bonchev–Trinajstić information content (AvgIpc) is 2.80. The van der Waals surface area contributed by atoms with Gasteiger partial charge in [0.05, 0.1) is 18.5 Å². The minimum absolute atomic E-state index is 0.171. The number of benzene rings is 1. The largest absolute Gasteiger partial charge is 0.484 e. The third-order valence-corrected chi connectivity index (χ3v) is 3.30. The Labute approximate surface area is 138 Å². The summed E-state index contributed by atoms with van der Waals surface area (Å²) in [5.74, 6) is -0.483. The fourth-order valence-corrected chi connectivity index (χ4v) is 2.12. The lowest BCUT2D eigenvalue weighted by atomic mass is 10.3. The number of amides is 1. The van der Waals surface area contributed by atoms with Crippen LogP contribution < -0.4 is 10.1 Å². The van der Waals surface area contributed by atoms with Crippen LogP contribution >= 0.6 is 11.6 Å². The summed E-state index contributed by atoms with van der Waals surface area (Å²) in [7, 11) is 2.86. The standard InChI is InChI=1S/C15H16ClN3O4/c1-9-13(14(15(21)22-3)19(2)18-9)17-12(20)8-23-11-6-4-10(16)5-7-11/h4-7H,8H2,1-3H3,(H,17,20). The number of esters is 1. The molecule has 0 spiro atoms. The number of aryl methyl sites for hydroxylation is 2. The van der Waals surface area contributed by atoms with E-state index in [0.29, 0.717) is 22.2 Å². The second-order valence-corrected chi connectivity index (χ2v) is 5.15. The number of aromatic nitrogens is 2. The van der Waals surface area contributed by atoms with Crippen molar-refractivity contribution in [2.45, 2.75) is 6.92 Å². The molecule has 0 saturated carbocycles. The lowest BCUT2D eigenvalue weighted by Crippen LogP contribution is -2.22. The van der Waals surface area contributed by atoms with Crippen molar-refractivity contribution >= 4 is 29.2 Å². The van der Waals surface area contributed by atoms with E-state index < -0.39 is 11.9 Å². The molecule has 1 aromatic carbocycles. The van der Waals surface area contributed by atoms with Gasteiger partial charge in [-0.3, -0.25) is 9.48 Å². The Kier molecular flexibility index (Phi) is 5.23. The van der Waals surface area contributed by atoms with Gasteiger partial charge in [-0.15, -0.1) is 0 Å². The summed E-state index contributed by atoms with van der Waals surface area (Å²) in [5, 5.41) is 7.31. The summed E-state index contributed by atoms with van der Waals surface area (Å²) in [4.78, 5) is 23.8. The fraction of sp³-hybridized carbons (Fsp3) is 0.267. The zero-order valence-electron chi connectivity index (χ0n) is 12.9. The lowest BCUT2D eigenvalue weighted by Gasteiger charge is -2.08. The summed E-state index contributed by atoms with van der Waals surface area (Å²) in [6, 6.07) is 6.64. The van der Waals surface area contributed by atoms with E-state index in [1.165, 1.54) is 11.8 Å². The zero-order valence-corrected chi connectivity index (χ0v) is 13.7. The van der Waals surface area contributed by atoms with Gasteiger partial charge in [-0.1, -0.05) is 11.6 Å². The molecule has 2 aromatic rings. The fourth-order valence-electron chi connectivity index (χ4n) is 1.99. The van der Waals surface area contributed by atoms with Crippen LogP contribution in [0.4, 0.5) is 5.69 Å². The highest BCUT2D eigenvalue weighted by molar-refractivity contribution is 6.30. The first-order valence-electron chi connectivity index (χ1n) is 6.72. The van der Waals surface area contributed by atoms with Gasteiger partial charge in [0.1, 0.15) is 5.75 Å². The van der Waals surface area contributed by atoms with Crippen LogP contribution in [0, 0.1) is 6.92 Å². The molecule has 1 N–H and O–H groups in total. The Morgan fingerprint density at radius 2 is 1.96 bits per heavy atom. The summed E-state index contributed by atoms with van der Waals surface area (Å²) in [5.41, 5.74) is 0.988. The van der Waals surface area contributed by atoms with Crippen molar-refractivity contribution in [3.05, 3.63) is 40.7 Å². The minimum atomic E-state index is -0.581. The number of hydrogen-bond acceptors (Lipinski definition) is 5. The number of nitrogens with zero attached hydrogens (tertiary/aromatic N) is 2. The molecule has 1 aromatic heterocycles. The van der Waals surface area contributed by atoms with E-state index in [-0.39, 0.29) is 12.3 Å². The first-order chi connectivity index (χ1) is 10.9. The molecule has 8 heteroatoms. The van der Waals surface area contributed by atoms with Gasteiger partial charge >= 0.3 is 5.97 Å². The topological polar surface area (TPSA) is 82.4 Å². The van der Waals surface area contributed by atoms with Gasteiger partial charge in [0.2, 0.25) is 0 Å². The number of carbonyl (C=O) groups excluding carboxylic acids is 2. The van der Waals surface area contributed by atoms with E-state index in [0.717, 1.165) is 0 Å². The van der Waals surface area contributed by atoms with Crippen LogP contribution in [-0.2, 0) is 16.6 Å². The first-order valence-corrected chi connectivity index (χ1v) is 7.10. The molecule has 0 aliphatic rings. The normalized spacial score (nSPS) is 10.3. The van der Waals surface area contributed by atoms with Gasteiger partial charge in [0.15, 0.2) is 12.3 Å². The van der Waals surface area contributed by atoms with Crippen molar-refractivity contribution in [2.24, 2.45) is 7.05 Å². The Balaban J connectivity index is 2.05. The predicted molar refractivity (Wildman–Crippen MR) is 84.9 cm³/mol. The third kappa shape index (κ3) is 4.01. The Bertz CT molecular complexity index is 725. The van der Waals surface area contributed by atoms with Crippen LogP contribution in [0.1, 0.15) is 16.2 Å². The van der Waals surface area contributed by atoms with Crippen molar-refractivity contribution in [3.63, 3.8) is 0 Å². The van der Waals surface area contributed by atoms with Crippen LogP contribution in [0.15, 0.2) is 24.3 Å². The van der Waals surface area contributed by atoms with Crippen LogP contribution in [0.5, 0.6) is 5.75 Å². The molecule has 0 fully saturated rings. The van der Waals surface area contributed by atoms with Gasteiger partial charge in [0, 0.05) is 12.1 Å². The average molecular weight is 338 g/mol. The van der Waals surface area contributed by atoms with E-state index >= 15 is 0 Å². The molecule has 0 radical (unpaired) electrons. The molecule has 0 unspecified atom stereocenters. The Morgan fingerprint density at radius 3 is 2.57 bits per heavy atom. The molecule has 2 rings (SSSR count). The molecular weight excluding hydrogens is 322 g/mol. The molecule has 0 saturated heterocycles. The maximum Gasteiger partial charge on any atom is 0.358 e. The van der Waals surface area contributed by atoms with E-state index in [1.54, 1.807) is 38.2 Å². The van der Waals surface area contributed by atoms with Crippen molar-refractivity contribution in [2.75, 3.05) is 19.0 Å². The Morgan fingerprint density at radius 1 is 1.30 bits per heavy atom. The number of hydrogen-bond donors (Lipinski definition) is 1. The van der Waals surface area contributed by atoms with Crippen molar-refractivity contribution < 1.29 is 19.1 Å². The highest BCUT2D eigenvalue weighted by Crippen LogP contribution is 2.21.